The fraction of sp³-hybridized carbons (Fsp3) is 0.417. The van der Waals surface area contributed by atoms with E-state index in [4.69, 9.17) is 0 Å². The molecule has 0 aromatic heterocycles. The average molecular weight is 241 g/mol. The van der Waals surface area contributed by atoms with E-state index in [2.05, 4.69) is 4.99 Å². The molecule has 1 aromatic carbocycles. The van der Waals surface area contributed by atoms with Gasteiger partial charge in [-0.2, -0.15) is 4.99 Å². The molecule has 0 amide bonds. The summed E-state index contributed by atoms with van der Waals surface area (Å²) >= 11 is 0. The Kier molecular flexibility index (Phi) is 3.03. The van der Waals surface area contributed by atoms with Gasteiger partial charge in [0.15, 0.2) is 11.6 Å². The van der Waals surface area contributed by atoms with E-state index in [1.807, 2.05) is 0 Å². The highest BCUT2D eigenvalue weighted by atomic mass is 19.2. The molecule has 1 saturated carbocycles. The molecule has 0 radical (unpaired) electrons. The minimum Gasteiger partial charge on any atom is -0.246 e. The van der Waals surface area contributed by atoms with Crippen LogP contribution in [0.25, 0.3) is 0 Å². The van der Waals surface area contributed by atoms with E-state index in [0.717, 1.165) is 12.5 Å². The third-order valence-corrected chi connectivity index (χ3v) is 3.18. The SMILES string of the molecule is O=C=NC1(c2cc(CF)cc(F)c2F)CCC1. The number of hydrogen-bond acceptors (Lipinski definition) is 2. The topological polar surface area (TPSA) is 29.4 Å². The van der Waals surface area contributed by atoms with Crippen LogP contribution in [0.5, 0.6) is 0 Å². The second-order valence-corrected chi connectivity index (χ2v) is 4.16. The van der Waals surface area contributed by atoms with Gasteiger partial charge in [0.25, 0.3) is 0 Å². The summed E-state index contributed by atoms with van der Waals surface area (Å²) in [6.07, 6.45) is 3.06. The molecule has 1 fully saturated rings. The second kappa shape index (κ2) is 4.34. The summed E-state index contributed by atoms with van der Waals surface area (Å²) in [4.78, 5) is 13.9. The van der Waals surface area contributed by atoms with Gasteiger partial charge >= 0.3 is 0 Å². The number of hydrogen-bond donors (Lipinski definition) is 0. The monoisotopic (exact) mass is 241 g/mol. The van der Waals surface area contributed by atoms with Crippen LogP contribution in [0.3, 0.4) is 0 Å². The molecule has 1 aliphatic carbocycles. The van der Waals surface area contributed by atoms with Crippen LogP contribution >= 0.6 is 0 Å². The molecule has 90 valence electrons. The molecule has 0 saturated heterocycles. The van der Waals surface area contributed by atoms with Crippen LogP contribution in [0.4, 0.5) is 13.2 Å². The van der Waals surface area contributed by atoms with Gasteiger partial charge in [0.05, 0.1) is 0 Å². The lowest BCUT2D eigenvalue weighted by Crippen LogP contribution is -2.33. The predicted molar refractivity (Wildman–Crippen MR) is 54.8 cm³/mol. The Labute approximate surface area is 96.2 Å². The minimum atomic E-state index is -1.11. The lowest BCUT2D eigenvalue weighted by atomic mass is 9.72. The van der Waals surface area contributed by atoms with Gasteiger partial charge in [-0.3, -0.25) is 0 Å². The first-order valence-corrected chi connectivity index (χ1v) is 5.26. The number of carbonyl (C=O) groups excluding carboxylic acids is 1. The first-order chi connectivity index (χ1) is 8.13. The van der Waals surface area contributed by atoms with Gasteiger partial charge in [-0.1, -0.05) is 0 Å². The first-order valence-electron chi connectivity index (χ1n) is 5.26. The fourth-order valence-corrected chi connectivity index (χ4v) is 2.10. The highest BCUT2D eigenvalue weighted by Gasteiger charge is 2.41. The maximum atomic E-state index is 13.7. The third-order valence-electron chi connectivity index (χ3n) is 3.18. The van der Waals surface area contributed by atoms with Crippen molar-refractivity contribution in [3.8, 4) is 0 Å². The molecule has 0 unspecified atom stereocenters. The first kappa shape index (κ1) is 11.9. The highest BCUT2D eigenvalue weighted by molar-refractivity contribution is 5.41. The van der Waals surface area contributed by atoms with Crippen molar-refractivity contribution in [3.63, 3.8) is 0 Å². The van der Waals surface area contributed by atoms with Crippen LogP contribution in [-0.2, 0) is 17.0 Å². The van der Waals surface area contributed by atoms with Crippen molar-refractivity contribution < 1.29 is 18.0 Å². The Morgan fingerprint density at radius 1 is 1.35 bits per heavy atom. The van der Waals surface area contributed by atoms with Gasteiger partial charge in [0, 0.05) is 5.56 Å². The average Bonchev–Trinajstić information content (AvgIpc) is 2.27. The number of isocyanates is 1. The van der Waals surface area contributed by atoms with Gasteiger partial charge in [0.1, 0.15) is 12.2 Å². The van der Waals surface area contributed by atoms with Crippen LogP contribution < -0.4 is 0 Å². The summed E-state index contributed by atoms with van der Waals surface area (Å²) in [7, 11) is 0. The molecule has 0 heterocycles. The fourth-order valence-electron chi connectivity index (χ4n) is 2.10. The summed E-state index contributed by atoms with van der Waals surface area (Å²) in [5, 5.41) is 0. The lowest BCUT2D eigenvalue weighted by Gasteiger charge is -2.37. The highest BCUT2D eigenvalue weighted by Crippen LogP contribution is 2.46. The Bertz CT molecular complexity index is 491. The Morgan fingerprint density at radius 2 is 2.06 bits per heavy atom. The van der Waals surface area contributed by atoms with Crippen molar-refractivity contribution in [2.24, 2.45) is 4.99 Å². The normalized spacial score (nSPS) is 17.1. The van der Waals surface area contributed by atoms with Crippen molar-refractivity contribution in [2.75, 3.05) is 0 Å². The van der Waals surface area contributed by atoms with Gasteiger partial charge in [0.2, 0.25) is 6.08 Å². The standard InChI is InChI=1S/C12H10F3NO/c13-6-8-4-9(11(15)10(14)5-8)12(16-7-17)2-1-3-12/h4-5H,1-3,6H2. The van der Waals surface area contributed by atoms with Crippen molar-refractivity contribution in [3.05, 3.63) is 34.9 Å². The lowest BCUT2D eigenvalue weighted by molar-refractivity contribution is 0.244. The zero-order valence-corrected chi connectivity index (χ0v) is 8.97. The van der Waals surface area contributed by atoms with Gasteiger partial charge in [-0.05, 0) is 37.0 Å². The van der Waals surface area contributed by atoms with Crippen LogP contribution in [0, 0.1) is 11.6 Å². The summed E-state index contributed by atoms with van der Waals surface area (Å²) < 4.78 is 39.5. The smallest absolute Gasteiger partial charge is 0.235 e. The van der Waals surface area contributed by atoms with Crippen LogP contribution in [0.2, 0.25) is 0 Å². The zero-order valence-electron chi connectivity index (χ0n) is 8.97. The van der Waals surface area contributed by atoms with E-state index in [1.165, 1.54) is 12.1 Å². The largest absolute Gasteiger partial charge is 0.246 e. The van der Waals surface area contributed by atoms with E-state index < -0.39 is 23.8 Å². The second-order valence-electron chi connectivity index (χ2n) is 4.16. The van der Waals surface area contributed by atoms with Crippen LogP contribution in [-0.4, -0.2) is 6.08 Å². The number of rotatable bonds is 3. The molecule has 17 heavy (non-hydrogen) atoms. The van der Waals surface area contributed by atoms with Crippen molar-refractivity contribution >= 4 is 6.08 Å². The third kappa shape index (κ3) is 1.87. The van der Waals surface area contributed by atoms with Crippen molar-refractivity contribution in [2.45, 2.75) is 31.5 Å². The number of alkyl halides is 1. The zero-order chi connectivity index (χ0) is 12.5. The summed E-state index contributed by atoms with van der Waals surface area (Å²) in [5.74, 6) is -2.16. The summed E-state index contributed by atoms with van der Waals surface area (Å²) in [5.41, 5.74) is -1.04. The van der Waals surface area contributed by atoms with E-state index in [1.54, 1.807) is 0 Å². The Balaban J connectivity index is 2.57. The van der Waals surface area contributed by atoms with Crippen molar-refractivity contribution in [1.29, 1.82) is 0 Å². The van der Waals surface area contributed by atoms with Crippen LogP contribution in [0.1, 0.15) is 30.4 Å². The number of nitrogens with zero attached hydrogens (tertiary/aromatic N) is 1. The molecule has 1 aromatic rings. The summed E-state index contributed by atoms with van der Waals surface area (Å²) in [6.45, 7) is -0.884. The maximum absolute atomic E-state index is 13.7. The molecular weight excluding hydrogens is 231 g/mol. The molecular formula is C12H10F3NO. The van der Waals surface area contributed by atoms with E-state index in [0.29, 0.717) is 12.8 Å². The number of benzene rings is 1. The number of aliphatic imine (C=N–C) groups is 1. The maximum Gasteiger partial charge on any atom is 0.235 e. The van der Waals surface area contributed by atoms with E-state index in [-0.39, 0.29) is 11.1 Å². The molecule has 1 aliphatic rings. The molecule has 0 bridgehead atoms. The van der Waals surface area contributed by atoms with Crippen molar-refractivity contribution in [1.82, 2.24) is 0 Å². The predicted octanol–water partition coefficient (Wildman–Crippen LogP) is 3.15. The van der Waals surface area contributed by atoms with Crippen LogP contribution in [0.15, 0.2) is 17.1 Å². The molecule has 0 atom stereocenters. The minimum absolute atomic E-state index is 0.0419. The van der Waals surface area contributed by atoms with Gasteiger partial charge in [-0.25, -0.2) is 18.0 Å². The molecule has 0 aliphatic heterocycles. The quantitative estimate of drug-likeness (QED) is 0.590. The molecule has 5 heteroatoms. The Morgan fingerprint density at radius 3 is 2.53 bits per heavy atom. The molecule has 2 nitrogen and oxygen atoms in total. The summed E-state index contributed by atoms with van der Waals surface area (Å²) in [6, 6.07) is 2.05. The Hall–Kier alpha value is -1.61. The molecule has 0 spiro atoms. The van der Waals surface area contributed by atoms with E-state index >= 15 is 0 Å². The van der Waals surface area contributed by atoms with Gasteiger partial charge in [-0.15, -0.1) is 0 Å². The molecule has 2 rings (SSSR count). The van der Waals surface area contributed by atoms with E-state index in [9.17, 15) is 18.0 Å². The number of halogens is 3. The molecule has 0 N–H and O–H groups in total. The van der Waals surface area contributed by atoms with Gasteiger partial charge < -0.3 is 0 Å².